The highest BCUT2D eigenvalue weighted by molar-refractivity contribution is 5.73. The van der Waals surface area contributed by atoms with Crippen molar-refractivity contribution in [2.75, 3.05) is 19.7 Å². The van der Waals surface area contributed by atoms with E-state index in [0.717, 1.165) is 25.9 Å². The van der Waals surface area contributed by atoms with Gasteiger partial charge >= 0.3 is 5.97 Å². The van der Waals surface area contributed by atoms with Crippen LogP contribution in [-0.2, 0) is 16.0 Å². The van der Waals surface area contributed by atoms with Crippen molar-refractivity contribution >= 4 is 5.97 Å². The zero-order valence-electron chi connectivity index (χ0n) is 10.9. The van der Waals surface area contributed by atoms with E-state index in [0.29, 0.717) is 12.5 Å². The molecule has 98 valence electrons. The number of rotatable bonds is 5. The first-order valence-electron chi connectivity index (χ1n) is 6.68. The van der Waals surface area contributed by atoms with Crippen LogP contribution in [0.4, 0.5) is 0 Å². The van der Waals surface area contributed by atoms with Gasteiger partial charge in [-0.3, -0.25) is 4.79 Å². The number of ether oxygens (including phenoxy) is 1. The Labute approximate surface area is 109 Å². The van der Waals surface area contributed by atoms with Crippen LogP contribution in [-0.4, -0.2) is 25.7 Å². The molecule has 1 aliphatic rings. The summed E-state index contributed by atoms with van der Waals surface area (Å²) in [4.78, 5) is 11.8. The van der Waals surface area contributed by atoms with E-state index in [1.807, 2.05) is 18.2 Å². The molecule has 1 heterocycles. The quantitative estimate of drug-likeness (QED) is 0.639. The zero-order valence-corrected chi connectivity index (χ0v) is 10.9. The van der Waals surface area contributed by atoms with E-state index in [-0.39, 0.29) is 11.9 Å². The van der Waals surface area contributed by atoms with Crippen LogP contribution >= 0.6 is 0 Å². The predicted molar refractivity (Wildman–Crippen MR) is 71.2 cm³/mol. The van der Waals surface area contributed by atoms with Crippen molar-refractivity contribution < 1.29 is 9.53 Å². The highest BCUT2D eigenvalue weighted by Gasteiger charge is 2.30. The molecule has 2 rings (SSSR count). The Morgan fingerprint density at radius 1 is 1.33 bits per heavy atom. The van der Waals surface area contributed by atoms with Gasteiger partial charge in [0.15, 0.2) is 0 Å². The van der Waals surface area contributed by atoms with Crippen molar-refractivity contribution in [2.24, 2.45) is 11.8 Å². The van der Waals surface area contributed by atoms with Crippen LogP contribution in [0, 0.1) is 11.8 Å². The van der Waals surface area contributed by atoms with E-state index < -0.39 is 0 Å². The first-order valence-corrected chi connectivity index (χ1v) is 6.68. The third kappa shape index (κ3) is 3.57. The van der Waals surface area contributed by atoms with E-state index in [2.05, 4.69) is 24.4 Å². The summed E-state index contributed by atoms with van der Waals surface area (Å²) in [6, 6.07) is 10.3. The number of carbonyl (C=O) groups is 1. The second-order valence-electron chi connectivity index (χ2n) is 5.00. The first-order chi connectivity index (χ1) is 8.77. The predicted octanol–water partition coefficient (Wildman–Crippen LogP) is 2.02. The Balaban J connectivity index is 1.65. The number of aryl methyl sites for hydroxylation is 1. The van der Waals surface area contributed by atoms with Crippen molar-refractivity contribution in [2.45, 2.75) is 19.8 Å². The molecule has 1 aliphatic heterocycles. The van der Waals surface area contributed by atoms with Crippen molar-refractivity contribution in [3.8, 4) is 0 Å². The summed E-state index contributed by atoms with van der Waals surface area (Å²) in [7, 11) is 0. The standard InChI is InChI=1S/C15H21NO2/c1-12-10-16-11-14(12)15(17)18-9-5-8-13-6-3-2-4-7-13/h2-4,6-7,12,14,16H,5,8-11H2,1H3/t12-,14-/m1/s1. The molecule has 2 atom stereocenters. The van der Waals surface area contributed by atoms with E-state index in [1.54, 1.807) is 0 Å². The number of carbonyl (C=O) groups excluding carboxylic acids is 1. The van der Waals surface area contributed by atoms with Crippen molar-refractivity contribution in [3.63, 3.8) is 0 Å². The minimum Gasteiger partial charge on any atom is -0.465 e. The summed E-state index contributed by atoms with van der Waals surface area (Å²) in [5.41, 5.74) is 1.30. The Bertz CT molecular complexity index is 377. The number of esters is 1. The first kappa shape index (κ1) is 13.1. The number of hydrogen-bond donors (Lipinski definition) is 1. The summed E-state index contributed by atoms with van der Waals surface area (Å²) in [6.45, 7) is 4.30. The maximum absolute atomic E-state index is 11.8. The average Bonchev–Trinajstić information content (AvgIpc) is 2.82. The Hall–Kier alpha value is -1.35. The fraction of sp³-hybridized carbons (Fsp3) is 0.533. The normalized spacial score (nSPS) is 22.9. The summed E-state index contributed by atoms with van der Waals surface area (Å²) in [6.07, 6.45) is 1.86. The Kier molecular flexibility index (Phi) is 4.76. The lowest BCUT2D eigenvalue weighted by Gasteiger charge is -2.13. The summed E-state index contributed by atoms with van der Waals surface area (Å²) >= 11 is 0. The molecule has 1 saturated heterocycles. The third-order valence-electron chi connectivity index (χ3n) is 3.52. The second-order valence-corrected chi connectivity index (χ2v) is 5.00. The molecule has 1 aromatic rings. The molecule has 1 fully saturated rings. The van der Waals surface area contributed by atoms with Gasteiger partial charge in [-0.1, -0.05) is 37.3 Å². The van der Waals surface area contributed by atoms with Crippen LogP contribution < -0.4 is 5.32 Å². The van der Waals surface area contributed by atoms with Crippen LogP contribution in [0.25, 0.3) is 0 Å². The molecule has 0 unspecified atom stereocenters. The fourth-order valence-electron chi connectivity index (χ4n) is 2.33. The van der Waals surface area contributed by atoms with Crippen LogP contribution in [0.2, 0.25) is 0 Å². The zero-order chi connectivity index (χ0) is 12.8. The highest BCUT2D eigenvalue weighted by Crippen LogP contribution is 2.17. The average molecular weight is 247 g/mol. The molecule has 18 heavy (non-hydrogen) atoms. The SMILES string of the molecule is C[C@@H]1CNC[C@H]1C(=O)OCCCc1ccccc1. The molecular formula is C15H21NO2. The summed E-state index contributed by atoms with van der Waals surface area (Å²) < 4.78 is 5.34. The smallest absolute Gasteiger partial charge is 0.310 e. The van der Waals surface area contributed by atoms with Gasteiger partial charge in [-0.25, -0.2) is 0 Å². The molecule has 3 nitrogen and oxygen atoms in total. The van der Waals surface area contributed by atoms with E-state index >= 15 is 0 Å². The maximum atomic E-state index is 11.8. The molecule has 0 bridgehead atoms. The maximum Gasteiger partial charge on any atom is 0.310 e. The molecule has 0 amide bonds. The number of benzene rings is 1. The van der Waals surface area contributed by atoms with E-state index in [9.17, 15) is 4.79 Å². The van der Waals surface area contributed by atoms with Crippen LogP contribution in [0.5, 0.6) is 0 Å². The van der Waals surface area contributed by atoms with Gasteiger partial charge in [-0.2, -0.15) is 0 Å². The topological polar surface area (TPSA) is 38.3 Å². The largest absolute Gasteiger partial charge is 0.465 e. The van der Waals surface area contributed by atoms with Gasteiger partial charge < -0.3 is 10.1 Å². The molecule has 1 N–H and O–H groups in total. The van der Waals surface area contributed by atoms with Gasteiger partial charge in [0, 0.05) is 6.54 Å². The molecule has 1 aromatic carbocycles. The molecular weight excluding hydrogens is 226 g/mol. The van der Waals surface area contributed by atoms with Crippen molar-refractivity contribution in [1.29, 1.82) is 0 Å². The second kappa shape index (κ2) is 6.55. The van der Waals surface area contributed by atoms with Gasteiger partial charge in [0.1, 0.15) is 0 Å². The van der Waals surface area contributed by atoms with Crippen LogP contribution in [0.3, 0.4) is 0 Å². The van der Waals surface area contributed by atoms with Crippen LogP contribution in [0.15, 0.2) is 30.3 Å². The van der Waals surface area contributed by atoms with Gasteiger partial charge in [-0.15, -0.1) is 0 Å². The monoisotopic (exact) mass is 247 g/mol. The molecule has 0 saturated carbocycles. The van der Waals surface area contributed by atoms with Crippen LogP contribution in [0.1, 0.15) is 18.9 Å². The Morgan fingerprint density at radius 2 is 2.11 bits per heavy atom. The van der Waals surface area contributed by atoms with E-state index in [4.69, 9.17) is 4.74 Å². The summed E-state index contributed by atoms with van der Waals surface area (Å²) in [5, 5.41) is 3.22. The minimum atomic E-state index is -0.0411. The van der Waals surface area contributed by atoms with Gasteiger partial charge in [0.05, 0.1) is 12.5 Å². The highest BCUT2D eigenvalue weighted by atomic mass is 16.5. The molecule has 3 heteroatoms. The van der Waals surface area contributed by atoms with Crippen molar-refractivity contribution in [1.82, 2.24) is 5.32 Å². The fourth-order valence-corrected chi connectivity index (χ4v) is 2.33. The summed E-state index contributed by atoms with van der Waals surface area (Å²) in [5.74, 6) is 0.397. The van der Waals surface area contributed by atoms with Gasteiger partial charge in [0.2, 0.25) is 0 Å². The molecule has 0 radical (unpaired) electrons. The lowest BCUT2D eigenvalue weighted by molar-refractivity contribution is -0.149. The lowest BCUT2D eigenvalue weighted by atomic mass is 9.99. The molecule has 0 aromatic heterocycles. The molecule has 0 aliphatic carbocycles. The van der Waals surface area contributed by atoms with Gasteiger partial charge in [-0.05, 0) is 30.9 Å². The minimum absolute atomic E-state index is 0.0411. The number of nitrogens with one attached hydrogen (secondary N) is 1. The molecule has 0 spiro atoms. The van der Waals surface area contributed by atoms with Crippen molar-refractivity contribution in [3.05, 3.63) is 35.9 Å². The third-order valence-corrected chi connectivity index (χ3v) is 3.52. The van der Waals surface area contributed by atoms with Gasteiger partial charge in [0.25, 0.3) is 0 Å². The Morgan fingerprint density at radius 3 is 2.78 bits per heavy atom. The lowest BCUT2D eigenvalue weighted by Crippen LogP contribution is -2.24. The number of hydrogen-bond acceptors (Lipinski definition) is 3. The van der Waals surface area contributed by atoms with E-state index in [1.165, 1.54) is 5.56 Å².